The molecule has 3 heterocycles. The molecule has 7 heteroatoms. The molecule has 0 bridgehead atoms. The number of aromatic nitrogens is 2. The van der Waals surface area contributed by atoms with Gasteiger partial charge in [0.05, 0.1) is 12.2 Å². The first-order valence-electron chi connectivity index (χ1n) is 8.48. The van der Waals surface area contributed by atoms with Crippen LogP contribution in [-0.4, -0.2) is 40.8 Å². The van der Waals surface area contributed by atoms with Crippen LogP contribution >= 0.6 is 0 Å². The minimum Gasteiger partial charge on any atom is -0.364 e. The number of carbonyl (C=O) groups excluding carboxylic acids is 1. The maximum absolute atomic E-state index is 11.9. The molecule has 24 heavy (non-hydrogen) atoms. The summed E-state index contributed by atoms with van der Waals surface area (Å²) in [6.07, 6.45) is 3.64. The molecule has 1 aliphatic heterocycles. The molecule has 1 amide bonds. The molecule has 1 fully saturated rings. The quantitative estimate of drug-likeness (QED) is 0.874. The lowest BCUT2D eigenvalue weighted by atomic mass is 9.98. The Bertz CT molecular complexity index is 651. The van der Waals surface area contributed by atoms with Crippen LogP contribution < -0.4 is 5.32 Å². The van der Waals surface area contributed by atoms with Gasteiger partial charge in [0.2, 0.25) is 0 Å². The van der Waals surface area contributed by atoms with E-state index in [2.05, 4.69) is 34.4 Å². The van der Waals surface area contributed by atoms with E-state index >= 15 is 0 Å². The van der Waals surface area contributed by atoms with Gasteiger partial charge >= 0.3 is 0 Å². The first kappa shape index (κ1) is 16.7. The summed E-state index contributed by atoms with van der Waals surface area (Å²) < 4.78 is 10.1. The fourth-order valence-electron chi connectivity index (χ4n) is 3.01. The minimum atomic E-state index is -0.183. The van der Waals surface area contributed by atoms with E-state index in [0.717, 1.165) is 43.9 Å². The molecule has 0 radical (unpaired) electrons. The number of carbonyl (C=O) groups is 1. The molecular weight excluding hydrogens is 308 g/mol. The van der Waals surface area contributed by atoms with Crippen LogP contribution in [0.2, 0.25) is 0 Å². The lowest BCUT2D eigenvalue weighted by molar-refractivity contribution is 0.0918. The fourth-order valence-corrected chi connectivity index (χ4v) is 3.01. The highest BCUT2D eigenvalue weighted by Crippen LogP contribution is 2.20. The molecule has 1 atom stereocenters. The SMILES string of the molecule is CC(C)c1cc(CN2CCC[C@@H](CNC(=O)c3ccon3)C2)on1. The molecule has 0 aromatic carbocycles. The van der Waals surface area contributed by atoms with Crippen molar-refractivity contribution in [2.45, 2.75) is 39.2 Å². The van der Waals surface area contributed by atoms with E-state index < -0.39 is 0 Å². The van der Waals surface area contributed by atoms with Gasteiger partial charge in [-0.1, -0.05) is 24.2 Å². The van der Waals surface area contributed by atoms with Gasteiger partial charge < -0.3 is 14.4 Å². The third-order valence-electron chi connectivity index (χ3n) is 4.37. The average Bonchev–Trinajstić information content (AvgIpc) is 3.24. The van der Waals surface area contributed by atoms with Gasteiger partial charge in [-0.2, -0.15) is 0 Å². The Kier molecular flexibility index (Phi) is 5.30. The van der Waals surface area contributed by atoms with Crippen molar-refractivity contribution in [3.05, 3.63) is 35.5 Å². The number of nitrogens with zero attached hydrogens (tertiary/aromatic N) is 3. The third kappa shape index (κ3) is 4.23. The third-order valence-corrected chi connectivity index (χ3v) is 4.37. The molecule has 2 aromatic rings. The highest BCUT2D eigenvalue weighted by Gasteiger charge is 2.22. The average molecular weight is 332 g/mol. The van der Waals surface area contributed by atoms with Crippen molar-refractivity contribution in [3.8, 4) is 0 Å². The second-order valence-corrected chi connectivity index (χ2v) is 6.71. The number of rotatable bonds is 6. The van der Waals surface area contributed by atoms with Crippen molar-refractivity contribution in [1.82, 2.24) is 20.5 Å². The van der Waals surface area contributed by atoms with E-state index in [-0.39, 0.29) is 5.91 Å². The summed E-state index contributed by atoms with van der Waals surface area (Å²) in [6.45, 7) is 7.62. The number of hydrogen-bond acceptors (Lipinski definition) is 6. The number of likely N-dealkylation sites (tertiary alicyclic amines) is 1. The largest absolute Gasteiger partial charge is 0.364 e. The smallest absolute Gasteiger partial charge is 0.273 e. The van der Waals surface area contributed by atoms with Gasteiger partial charge in [-0.15, -0.1) is 0 Å². The van der Waals surface area contributed by atoms with Crippen LogP contribution in [0.1, 0.15) is 54.5 Å². The minimum absolute atomic E-state index is 0.183. The van der Waals surface area contributed by atoms with Crippen molar-refractivity contribution < 1.29 is 13.8 Å². The maximum Gasteiger partial charge on any atom is 0.273 e. The standard InChI is InChI=1S/C17H24N4O3/c1-12(2)16-8-14(24-20-16)11-21-6-3-4-13(10-21)9-18-17(22)15-5-7-23-19-15/h5,7-8,12-13H,3-4,6,9-11H2,1-2H3,(H,18,22)/t13-/m0/s1. The van der Waals surface area contributed by atoms with E-state index in [1.807, 2.05) is 6.07 Å². The predicted octanol–water partition coefficient (Wildman–Crippen LogP) is 2.43. The van der Waals surface area contributed by atoms with Crippen LogP contribution in [0.25, 0.3) is 0 Å². The Hall–Kier alpha value is -2.15. The number of amides is 1. The molecule has 130 valence electrons. The summed E-state index contributed by atoms with van der Waals surface area (Å²) >= 11 is 0. The lowest BCUT2D eigenvalue weighted by Crippen LogP contribution is -2.40. The van der Waals surface area contributed by atoms with Crippen molar-refractivity contribution in [1.29, 1.82) is 0 Å². The monoisotopic (exact) mass is 332 g/mol. The van der Waals surface area contributed by atoms with Gasteiger partial charge in [-0.25, -0.2) is 0 Å². The van der Waals surface area contributed by atoms with Crippen LogP contribution in [-0.2, 0) is 6.54 Å². The molecule has 0 aliphatic carbocycles. The summed E-state index contributed by atoms with van der Waals surface area (Å²) in [5.41, 5.74) is 1.32. The first-order chi connectivity index (χ1) is 11.6. The van der Waals surface area contributed by atoms with Gasteiger partial charge in [0, 0.05) is 25.2 Å². The molecule has 1 aliphatic rings. The number of piperidine rings is 1. The van der Waals surface area contributed by atoms with E-state index in [0.29, 0.717) is 24.1 Å². The Morgan fingerprint density at radius 1 is 1.46 bits per heavy atom. The van der Waals surface area contributed by atoms with Gasteiger partial charge in [0.25, 0.3) is 5.91 Å². The van der Waals surface area contributed by atoms with E-state index in [1.54, 1.807) is 6.07 Å². The molecular formula is C17H24N4O3. The van der Waals surface area contributed by atoms with Crippen LogP contribution in [0.5, 0.6) is 0 Å². The van der Waals surface area contributed by atoms with Crippen molar-refractivity contribution >= 4 is 5.91 Å². The van der Waals surface area contributed by atoms with E-state index in [4.69, 9.17) is 9.05 Å². The molecule has 0 saturated carbocycles. The summed E-state index contributed by atoms with van der Waals surface area (Å²) in [5, 5.41) is 10.7. The highest BCUT2D eigenvalue weighted by molar-refractivity contribution is 5.91. The summed E-state index contributed by atoms with van der Waals surface area (Å²) in [6, 6.07) is 3.61. The van der Waals surface area contributed by atoms with Gasteiger partial charge in [-0.05, 0) is 31.2 Å². The maximum atomic E-state index is 11.9. The Labute approximate surface area is 141 Å². The zero-order valence-corrected chi connectivity index (χ0v) is 14.2. The van der Waals surface area contributed by atoms with Crippen LogP contribution in [0.4, 0.5) is 0 Å². The zero-order chi connectivity index (χ0) is 16.9. The number of nitrogens with one attached hydrogen (secondary N) is 1. The molecule has 0 unspecified atom stereocenters. The predicted molar refractivity (Wildman–Crippen MR) is 87.4 cm³/mol. The van der Waals surface area contributed by atoms with Crippen LogP contribution in [0.15, 0.2) is 27.4 Å². The lowest BCUT2D eigenvalue weighted by Gasteiger charge is -2.31. The van der Waals surface area contributed by atoms with Crippen LogP contribution in [0.3, 0.4) is 0 Å². The normalized spacial score (nSPS) is 18.9. The molecule has 2 aromatic heterocycles. The van der Waals surface area contributed by atoms with Crippen LogP contribution in [0, 0.1) is 5.92 Å². The van der Waals surface area contributed by atoms with Gasteiger partial charge in [0.15, 0.2) is 11.5 Å². The molecule has 3 rings (SSSR count). The Morgan fingerprint density at radius 3 is 3.04 bits per heavy atom. The number of hydrogen-bond donors (Lipinski definition) is 1. The highest BCUT2D eigenvalue weighted by atomic mass is 16.5. The topological polar surface area (TPSA) is 84.4 Å². The fraction of sp³-hybridized carbons (Fsp3) is 0.588. The summed E-state index contributed by atoms with van der Waals surface area (Å²) in [7, 11) is 0. The molecule has 0 spiro atoms. The van der Waals surface area contributed by atoms with E-state index in [9.17, 15) is 4.79 Å². The van der Waals surface area contributed by atoms with Gasteiger partial charge in [-0.3, -0.25) is 9.69 Å². The Morgan fingerprint density at radius 2 is 2.33 bits per heavy atom. The van der Waals surface area contributed by atoms with Crippen molar-refractivity contribution in [2.24, 2.45) is 5.92 Å². The van der Waals surface area contributed by atoms with Crippen molar-refractivity contribution in [3.63, 3.8) is 0 Å². The molecule has 1 saturated heterocycles. The second kappa shape index (κ2) is 7.61. The Balaban J connectivity index is 1.48. The molecule has 7 nitrogen and oxygen atoms in total. The zero-order valence-electron chi connectivity index (χ0n) is 14.2. The second-order valence-electron chi connectivity index (χ2n) is 6.71. The summed E-state index contributed by atoms with van der Waals surface area (Å²) in [4.78, 5) is 14.3. The first-order valence-corrected chi connectivity index (χ1v) is 8.48. The summed E-state index contributed by atoms with van der Waals surface area (Å²) in [5.74, 6) is 1.54. The van der Waals surface area contributed by atoms with E-state index in [1.165, 1.54) is 6.26 Å². The van der Waals surface area contributed by atoms with Crippen molar-refractivity contribution in [2.75, 3.05) is 19.6 Å². The molecule has 1 N–H and O–H groups in total. The van der Waals surface area contributed by atoms with Gasteiger partial charge in [0.1, 0.15) is 6.26 Å².